The summed E-state index contributed by atoms with van der Waals surface area (Å²) in [6, 6.07) is 19.9. The molecule has 1 aliphatic rings. The van der Waals surface area contributed by atoms with Crippen LogP contribution in [0, 0.1) is 0 Å². The molecule has 2 aromatic rings. The molecule has 0 saturated heterocycles. The Hall–Kier alpha value is -1.60. The standard InChI is InChI=1S/C17H19N/c18-17-11-10-16(12-17)15-8-6-14(7-9-15)13-4-2-1-3-5-13/h1-9,16-17H,10-12,18H2. The summed E-state index contributed by atoms with van der Waals surface area (Å²) >= 11 is 0. The van der Waals surface area contributed by atoms with Crippen LogP contribution in [0.1, 0.15) is 30.7 Å². The molecule has 0 aliphatic heterocycles. The summed E-state index contributed by atoms with van der Waals surface area (Å²) in [5, 5.41) is 0. The molecule has 0 radical (unpaired) electrons. The van der Waals surface area contributed by atoms with Crippen LogP contribution in [0.2, 0.25) is 0 Å². The number of rotatable bonds is 2. The van der Waals surface area contributed by atoms with Crippen molar-refractivity contribution >= 4 is 0 Å². The van der Waals surface area contributed by atoms with Gasteiger partial charge in [0.05, 0.1) is 0 Å². The van der Waals surface area contributed by atoms with Gasteiger partial charge in [0.15, 0.2) is 0 Å². The predicted octanol–water partition coefficient (Wildman–Crippen LogP) is 3.95. The smallest absolute Gasteiger partial charge is 0.00448 e. The van der Waals surface area contributed by atoms with E-state index in [2.05, 4.69) is 54.6 Å². The molecule has 0 heterocycles. The second-order valence-electron chi connectivity index (χ2n) is 5.26. The second kappa shape index (κ2) is 4.95. The predicted molar refractivity (Wildman–Crippen MR) is 76.4 cm³/mol. The molecule has 92 valence electrons. The average Bonchev–Trinajstić information content (AvgIpc) is 2.87. The van der Waals surface area contributed by atoms with Crippen LogP contribution in [0.15, 0.2) is 54.6 Å². The van der Waals surface area contributed by atoms with E-state index in [1.54, 1.807) is 0 Å². The van der Waals surface area contributed by atoms with Crippen molar-refractivity contribution in [3.05, 3.63) is 60.2 Å². The van der Waals surface area contributed by atoms with E-state index in [4.69, 9.17) is 5.73 Å². The molecular weight excluding hydrogens is 218 g/mol. The molecule has 1 nitrogen and oxygen atoms in total. The lowest BCUT2D eigenvalue weighted by Crippen LogP contribution is -2.14. The van der Waals surface area contributed by atoms with E-state index in [0.717, 1.165) is 6.42 Å². The fourth-order valence-corrected chi connectivity index (χ4v) is 2.90. The van der Waals surface area contributed by atoms with E-state index < -0.39 is 0 Å². The van der Waals surface area contributed by atoms with E-state index in [-0.39, 0.29) is 0 Å². The van der Waals surface area contributed by atoms with Gasteiger partial charge in [0, 0.05) is 6.04 Å². The van der Waals surface area contributed by atoms with E-state index in [1.165, 1.54) is 29.5 Å². The minimum Gasteiger partial charge on any atom is -0.328 e. The van der Waals surface area contributed by atoms with Crippen molar-refractivity contribution in [3.8, 4) is 11.1 Å². The van der Waals surface area contributed by atoms with E-state index >= 15 is 0 Å². The molecule has 1 heteroatoms. The largest absolute Gasteiger partial charge is 0.328 e. The van der Waals surface area contributed by atoms with Crippen molar-refractivity contribution in [2.75, 3.05) is 0 Å². The van der Waals surface area contributed by atoms with Gasteiger partial charge in [-0.25, -0.2) is 0 Å². The number of nitrogens with two attached hydrogens (primary N) is 1. The Labute approximate surface area is 109 Å². The summed E-state index contributed by atoms with van der Waals surface area (Å²) in [5.41, 5.74) is 10.0. The van der Waals surface area contributed by atoms with Crippen LogP contribution < -0.4 is 5.73 Å². The van der Waals surface area contributed by atoms with Crippen molar-refractivity contribution in [2.45, 2.75) is 31.2 Å². The zero-order chi connectivity index (χ0) is 12.4. The summed E-state index contributed by atoms with van der Waals surface area (Å²) in [5.74, 6) is 0.671. The molecule has 0 bridgehead atoms. The van der Waals surface area contributed by atoms with E-state index in [0.29, 0.717) is 12.0 Å². The highest BCUT2D eigenvalue weighted by Crippen LogP contribution is 2.34. The fourth-order valence-electron chi connectivity index (χ4n) is 2.90. The van der Waals surface area contributed by atoms with Crippen LogP contribution in [0.4, 0.5) is 0 Å². The van der Waals surface area contributed by atoms with Gasteiger partial charge in [-0.3, -0.25) is 0 Å². The molecule has 2 unspecified atom stereocenters. The van der Waals surface area contributed by atoms with Gasteiger partial charge < -0.3 is 5.73 Å². The zero-order valence-corrected chi connectivity index (χ0v) is 10.5. The van der Waals surface area contributed by atoms with E-state index in [9.17, 15) is 0 Å². The third-order valence-corrected chi connectivity index (χ3v) is 3.96. The van der Waals surface area contributed by atoms with Crippen LogP contribution in [-0.2, 0) is 0 Å². The molecule has 2 N–H and O–H groups in total. The van der Waals surface area contributed by atoms with Gasteiger partial charge in [0.25, 0.3) is 0 Å². The molecule has 2 aromatic carbocycles. The SMILES string of the molecule is NC1CCC(c2ccc(-c3ccccc3)cc2)C1. The quantitative estimate of drug-likeness (QED) is 0.841. The molecule has 2 atom stereocenters. The minimum atomic E-state index is 0.406. The Balaban J connectivity index is 1.81. The molecule has 0 spiro atoms. The van der Waals surface area contributed by atoms with Gasteiger partial charge in [-0.2, -0.15) is 0 Å². The highest BCUT2D eigenvalue weighted by atomic mass is 14.6. The van der Waals surface area contributed by atoms with Crippen molar-refractivity contribution in [1.82, 2.24) is 0 Å². The van der Waals surface area contributed by atoms with E-state index in [1.807, 2.05) is 0 Å². The lowest BCUT2D eigenvalue weighted by molar-refractivity contribution is 0.675. The molecule has 18 heavy (non-hydrogen) atoms. The van der Waals surface area contributed by atoms with Crippen molar-refractivity contribution in [2.24, 2.45) is 5.73 Å². The molecule has 3 rings (SSSR count). The molecule has 1 fully saturated rings. The van der Waals surface area contributed by atoms with Gasteiger partial charge >= 0.3 is 0 Å². The summed E-state index contributed by atoms with van der Waals surface area (Å²) in [6.07, 6.45) is 3.56. The van der Waals surface area contributed by atoms with Crippen molar-refractivity contribution in [1.29, 1.82) is 0 Å². The first-order chi connectivity index (χ1) is 8.83. The first-order valence-corrected chi connectivity index (χ1v) is 6.74. The van der Waals surface area contributed by atoms with Gasteiger partial charge in [-0.05, 0) is 41.9 Å². The summed E-state index contributed by atoms with van der Waals surface area (Å²) in [6.45, 7) is 0. The van der Waals surface area contributed by atoms with Crippen LogP contribution in [-0.4, -0.2) is 6.04 Å². The third kappa shape index (κ3) is 2.32. The minimum absolute atomic E-state index is 0.406. The molecular formula is C17H19N. The number of benzene rings is 2. The van der Waals surface area contributed by atoms with Crippen LogP contribution in [0.3, 0.4) is 0 Å². The Bertz CT molecular complexity index is 501. The Kier molecular flexibility index (Phi) is 3.16. The highest BCUT2D eigenvalue weighted by Gasteiger charge is 2.22. The number of hydrogen-bond acceptors (Lipinski definition) is 1. The first kappa shape index (κ1) is 11.5. The lowest BCUT2D eigenvalue weighted by Gasteiger charge is -2.11. The van der Waals surface area contributed by atoms with Gasteiger partial charge in [-0.1, -0.05) is 54.6 Å². The molecule has 0 aromatic heterocycles. The van der Waals surface area contributed by atoms with Crippen molar-refractivity contribution in [3.63, 3.8) is 0 Å². The second-order valence-corrected chi connectivity index (χ2v) is 5.26. The van der Waals surface area contributed by atoms with Crippen LogP contribution in [0.5, 0.6) is 0 Å². The molecule has 0 amide bonds. The van der Waals surface area contributed by atoms with Gasteiger partial charge in [-0.15, -0.1) is 0 Å². The summed E-state index contributed by atoms with van der Waals surface area (Å²) < 4.78 is 0. The van der Waals surface area contributed by atoms with Crippen LogP contribution >= 0.6 is 0 Å². The normalized spacial score (nSPS) is 23.2. The Morgan fingerprint density at radius 3 is 2.06 bits per heavy atom. The maximum absolute atomic E-state index is 5.98. The van der Waals surface area contributed by atoms with Gasteiger partial charge in [0.2, 0.25) is 0 Å². The molecule has 1 saturated carbocycles. The zero-order valence-electron chi connectivity index (χ0n) is 10.5. The number of hydrogen-bond donors (Lipinski definition) is 1. The fraction of sp³-hybridized carbons (Fsp3) is 0.294. The molecule has 1 aliphatic carbocycles. The Morgan fingerprint density at radius 2 is 1.44 bits per heavy atom. The maximum Gasteiger partial charge on any atom is 0.00448 e. The van der Waals surface area contributed by atoms with Crippen molar-refractivity contribution < 1.29 is 0 Å². The maximum atomic E-state index is 5.98. The lowest BCUT2D eigenvalue weighted by atomic mass is 9.95. The topological polar surface area (TPSA) is 26.0 Å². The average molecular weight is 237 g/mol. The Morgan fingerprint density at radius 1 is 0.778 bits per heavy atom. The summed E-state index contributed by atoms with van der Waals surface area (Å²) in [4.78, 5) is 0. The first-order valence-electron chi connectivity index (χ1n) is 6.74. The third-order valence-electron chi connectivity index (χ3n) is 3.96. The summed E-state index contributed by atoms with van der Waals surface area (Å²) in [7, 11) is 0. The monoisotopic (exact) mass is 237 g/mol. The van der Waals surface area contributed by atoms with Gasteiger partial charge in [0.1, 0.15) is 0 Å². The highest BCUT2D eigenvalue weighted by molar-refractivity contribution is 5.63. The van der Waals surface area contributed by atoms with Crippen LogP contribution in [0.25, 0.3) is 11.1 Å².